The van der Waals surface area contributed by atoms with Gasteiger partial charge in [0.25, 0.3) is 5.91 Å². The molecular formula is C14H22N2O3. The molecule has 0 radical (unpaired) electrons. The number of aliphatic carboxylic acids is 1. The normalized spacial score (nSPS) is 12.6. The van der Waals surface area contributed by atoms with Crippen LogP contribution >= 0.6 is 0 Å². The number of carbonyl (C=O) groups is 2. The first kappa shape index (κ1) is 15.3. The summed E-state index contributed by atoms with van der Waals surface area (Å²) in [6, 6.07) is 1.25. The predicted molar refractivity (Wildman–Crippen MR) is 73.5 cm³/mol. The van der Waals surface area contributed by atoms with E-state index in [-0.39, 0.29) is 11.9 Å². The van der Waals surface area contributed by atoms with Gasteiger partial charge in [0, 0.05) is 24.5 Å². The first-order valence-electron chi connectivity index (χ1n) is 6.36. The van der Waals surface area contributed by atoms with Gasteiger partial charge in [-0.3, -0.25) is 4.79 Å². The summed E-state index contributed by atoms with van der Waals surface area (Å²) in [4.78, 5) is 24.6. The molecule has 106 valence electrons. The van der Waals surface area contributed by atoms with Crippen LogP contribution in [0.2, 0.25) is 0 Å². The van der Waals surface area contributed by atoms with Gasteiger partial charge in [0.05, 0.1) is 5.56 Å². The smallest absolute Gasteiger partial charge is 0.326 e. The summed E-state index contributed by atoms with van der Waals surface area (Å²) in [5.41, 5.74) is 2.45. The van der Waals surface area contributed by atoms with Gasteiger partial charge in [0.2, 0.25) is 0 Å². The number of carbonyl (C=O) groups excluding carboxylic acids is 1. The SMILES string of the molecule is Cc1cc(C(=O)N(C)C(C)C(=O)O)c(C)n1C(C)C. The van der Waals surface area contributed by atoms with Crippen LogP contribution in [-0.2, 0) is 4.79 Å². The van der Waals surface area contributed by atoms with Crippen LogP contribution in [0.4, 0.5) is 0 Å². The van der Waals surface area contributed by atoms with E-state index in [0.29, 0.717) is 5.56 Å². The largest absolute Gasteiger partial charge is 0.480 e. The van der Waals surface area contributed by atoms with Crippen LogP contribution in [0.3, 0.4) is 0 Å². The Kier molecular flexibility index (Phi) is 4.39. The van der Waals surface area contributed by atoms with Crippen LogP contribution in [0.5, 0.6) is 0 Å². The molecule has 0 saturated heterocycles. The minimum Gasteiger partial charge on any atom is -0.480 e. The van der Waals surface area contributed by atoms with E-state index < -0.39 is 12.0 Å². The number of carboxylic acid groups (broad SMARTS) is 1. The summed E-state index contributed by atoms with van der Waals surface area (Å²) in [5.74, 6) is -1.26. The molecule has 0 fully saturated rings. The summed E-state index contributed by atoms with van der Waals surface area (Å²) < 4.78 is 2.08. The maximum Gasteiger partial charge on any atom is 0.326 e. The number of likely N-dealkylation sites (N-methyl/N-ethyl adjacent to an activating group) is 1. The summed E-state index contributed by atoms with van der Waals surface area (Å²) in [7, 11) is 1.52. The van der Waals surface area contributed by atoms with E-state index in [4.69, 9.17) is 5.11 Å². The lowest BCUT2D eigenvalue weighted by molar-refractivity contribution is -0.141. The Balaban J connectivity index is 3.14. The monoisotopic (exact) mass is 266 g/mol. The molecule has 0 saturated carbocycles. The van der Waals surface area contributed by atoms with Crippen LogP contribution < -0.4 is 0 Å². The highest BCUT2D eigenvalue weighted by molar-refractivity contribution is 5.97. The molecule has 1 aromatic heterocycles. The molecule has 0 aliphatic rings. The van der Waals surface area contributed by atoms with Crippen molar-refractivity contribution in [1.82, 2.24) is 9.47 Å². The Morgan fingerprint density at radius 1 is 1.26 bits per heavy atom. The molecule has 1 N–H and O–H groups in total. The molecule has 0 aliphatic carbocycles. The lowest BCUT2D eigenvalue weighted by Crippen LogP contribution is -2.40. The fraction of sp³-hybridized carbons (Fsp3) is 0.571. The van der Waals surface area contributed by atoms with Crippen LogP contribution in [-0.4, -0.2) is 39.5 Å². The van der Waals surface area contributed by atoms with Crippen molar-refractivity contribution in [2.24, 2.45) is 0 Å². The van der Waals surface area contributed by atoms with Crippen molar-refractivity contribution >= 4 is 11.9 Å². The molecular weight excluding hydrogens is 244 g/mol. The third-order valence-corrected chi connectivity index (χ3v) is 3.49. The second kappa shape index (κ2) is 5.47. The molecule has 1 amide bonds. The second-order valence-electron chi connectivity index (χ2n) is 5.18. The van der Waals surface area contributed by atoms with E-state index in [1.807, 2.05) is 19.9 Å². The van der Waals surface area contributed by atoms with Crippen molar-refractivity contribution in [3.63, 3.8) is 0 Å². The number of rotatable bonds is 4. The average molecular weight is 266 g/mol. The van der Waals surface area contributed by atoms with Crippen molar-refractivity contribution in [3.8, 4) is 0 Å². The fourth-order valence-electron chi connectivity index (χ4n) is 2.32. The van der Waals surface area contributed by atoms with Crippen molar-refractivity contribution < 1.29 is 14.7 Å². The summed E-state index contributed by atoms with van der Waals surface area (Å²) in [5, 5.41) is 8.97. The first-order valence-corrected chi connectivity index (χ1v) is 6.36. The summed E-state index contributed by atoms with van der Waals surface area (Å²) in [6.07, 6.45) is 0. The molecule has 1 atom stereocenters. The fourth-order valence-corrected chi connectivity index (χ4v) is 2.32. The quantitative estimate of drug-likeness (QED) is 0.909. The molecule has 0 bridgehead atoms. The molecule has 1 unspecified atom stereocenters. The molecule has 1 heterocycles. The van der Waals surface area contributed by atoms with Crippen LogP contribution in [0.1, 0.15) is 48.6 Å². The maximum atomic E-state index is 12.3. The maximum absolute atomic E-state index is 12.3. The highest BCUT2D eigenvalue weighted by Gasteiger charge is 2.26. The molecule has 5 heteroatoms. The molecule has 19 heavy (non-hydrogen) atoms. The molecule has 1 rings (SSSR count). The van der Waals surface area contributed by atoms with Gasteiger partial charge in [0.1, 0.15) is 6.04 Å². The van der Waals surface area contributed by atoms with Gasteiger partial charge in [-0.1, -0.05) is 0 Å². The molecule has 0 spiro atoms. The highest BCUT2D eigenvalue weighted by atomic mass is 16.4. The topological polar surface area (TPSA) is 62.5 Å². The number of aromatic nitrogens is 1. The Labute approximate surface area is 113 Å². The number of carboxylic acids is 1. The molecule has 5 nitrogen and oxygen atoms in total. The van der Waals surface area contributed by atoms with Gasteiger partial charge >= 0.3 is 5.97 Å². The van der Waals surface area contributed by atoms with Gasteiger partial charge in [0.15, 0.2) is 0 Å². The lowest BCUT2D eigenvalue weighted by Gasteiger charge is -2.21. The highest BCUT2D eigenvalue weighted by Crippen LogP contribution is 2.21. The Hall–Kier alpha value is -1.78. The van der Waals surface area contributed by atoms with Crippen molar-refractivity contribution in [2.75, 3.05) is 7.05 Å². The first-order chi connectivity index (χ1) is 8.68. The number of amides is 1. The van der Waals surface area contributed by atoms with Crippen LogP contribution in [0.15, 0.2) is 6.07 Å². The van der Waals surface area contributed by atoms with Crippen molar-refractivity contribution in [1.29, 1.82) is 0 Å². The Morgan fingerprint density at radius 3 is 2.16 bits per heavy atom. The number of hydrogen-bond acceptors (Lipinski definition) is 2. The standard InChI is InChI=1S/C14H22N2O3/c1-8(2)16-9(3)7-12(10(16)4)13(17)15(6)11(5)14(18)19/h7-8,11H,1-6H3,(H,18,19). The van der Waals surface area contributed by atoms with E-state index in [9.17, 15) is 9.59 Å². The van der Waals surface area contributed by atoms with Crippen LogP contribution in [0.25, 0.3) is 0 Å². The van der Waals surface area contributed by atoms with E-state index in [2.05, 4.69) is 18.4 Å². The summed E-state index contributed by atoms with van der Waals surface area (Å²) >= 11 is 0. The van der Waals surface area contributed by atoms with Gasteiger partial charge in [-0.05, 0) is 40.7 Å². The Bertz CT molecular complexity index is 503. The molecule has 1 aromatic rings. The minimum absolute atomic E-state index is 0.255. The van der Waals surface area contributed by atoms with E-state index >= 15 is 0 Å². The predicted octanol–water partition coefficient (Wildman–Crippen LogP) is 2.23. The van der Waals surface area contributed by atoms with Crippen LogP contribution in [0, 0.1) is 13.8 Å². The second-order valence-corrected chi connectivity index (χ2v) is 5.18. The third kappa shape index (κ3) is 2.80. The average Bonchev–Trinajstić information content (AvgIpc) is 2.61. The third-order valence-electron chi connectivity index (χ3n) is 3.49. The zero-order chi connectivity index (χ0) is 14.9. The van der Waals surface area contributed by atoms with Gasteiger partial charge in [-0.2, -0.15) is 0 Å². The number of nitrogens with zero attached hydrogens (tertiary/aromatic N) is 2. The molecule has 0 aromatic carbocycles. The van der Waals surface area contributed by atoms with E-state index in [1.54, 1.807) is 0 Å². The minimum atomic E-state index is -1.01. The zero-order valence-corrected chi connectivity index (χ0v) is 12.4. The van der Waals surface area contributed by atoms with Gasteiger partial charge in [-0.15, -0.1) is 0 Å². The van der Waals surface area contributed by atoms with E-state index in [1.165, 1.54) is 18.9 Å². The number of aryl methyl sites for hydroxylation is 1. The lowest BCUT2D eigenvalue weighted by atomic mass is 10.2. The Morgan fingerprint density at radius 2 is 1.79 bits per heavy atom. The molecule has 0 aliphatic heterocycles. The van der Waals surface area contributed by atoms with Gasteiger partial charge in [-0.25, -0.2) is 4.79 Å². The summed E-state index contributed by atoms with van der Waals surface area (Å²) in [6.45, 7) is 9.45. The van der Waals surface area contributed by atoms with E-state index in [0.717, 1.165) is 11.4 Å². The van der Waals surface area contributed by atoms with Gasteiger partial charge < -0.3 is 14.6 Å². The zero-order valence-electron chi connectivity index (χ0n) is 12.4. The van der Waals surface area contributed by atoms with Crippen molar-refractivity contribution in [2.45, 2.75) is 46.7 Å². The van der Waals surface area contributed by atoms with Crippen molar-refractivity contribution in [3.05, 3.63) is 23.0 Å². The number of hydrogen-bond donors (Lipinski definition) is 1.